The molecule has 0 heterocycles. The maximum Gasteiger partial charge on any atom is 0.241 e. The van der Waals surface area contributed by atoms with E-state index in [1.165, 1.54) is 0 Å². The van der Waals surface area contributed by atoms with Crippen LogP contribution in [0.2, 0.25) is 0 Å². The third-order valence-electron chi connectivity index (χ3n) is 2.38. The van der Waals surface area contributed by atoms with Crippen molar-refractivity contribution in [2.45, 2.75) is 33.2 Å². The van der Waals surface area contributed by atoms with Gasteiger partial charge in [-0.05, 0) is 20.4 Å². The van der Waals surface area contributed by atoms with Gasteiger partial charge in [0.1, 0.15) is 0 Å². The molecule has 0 aliphatic rings. The average molecular weight is 229 g/mol. The fraction of sp³-hybridized carbons (Fsp3) is 0.818. The highest BCUT2D eigenvalue weighted by atomic mass is 16.2. The van der Waals surface area contributed by atoms with Crippen molar-refractivity contribution in [3.63, 3.8) is 0 Å². The molecule has 0 aliphatic heterocycles. The van der Waals surface area contributed by atoms with E-state index in [2.05, 4.69) is 10.6 Å². The molecule has 16 heavy (non-hydrogen) atoms. The largest absolute Gasteiger partial charge is 0.347 e. The molecule has 1 unspecified atom stereocenters. The fourth-order valence-corrected chi connectivity index (χ4v) is 1.26. The Morgan fingerprint density at radius 2 is 1.94 bits per heavy atom. The van der Waals surface area contributed by atoms with Gasteiger partial charge in [0.05, 0.1) is 6.54 Å². The maximum absolute atomic E-state index is 11.4. The molecule has 0 rings (SSSR count). The molecule has 94 valence electrons. The van der Waals surface area contributed by atoms with Gasteiger partial charge in [-0.25, -0.2) is 0 Å². The van der Waals surface area contributed by atoms with Crippen LogP contribution in [0.5, 0.6) is 0 Å². The first-order valence-electron chi connectivity index (χ1n) is 5.75. The molecule has 5 heteroatoms. The number of amides is 2. The minimum atomic E-state index is -0.0914. The van der Waals surface area contributed by atoms with E-state index in [9.17, 15) is 9.59 Å². The third kappa shape index (κ3) is 6.40. The summed E-state index contributed by atoms with van der Waals surface area (Å²) in [4.78, 5) is 24.4. The second-order valence-electron chi connectivity index (χ2n) is 3.85. The van der Waals surface area contributed by atoms with Crippen LogP contribution >= 0.6 is 0 Å². The molecule has 1 atom stereocenters. The molecule has 0 saturated heterocycles. The lowest BCUT2D eigenvalue weighted by Crippen LogP contribution is -2.40. The fourth-order valence-electron chi connectivity index (χ4n) is 1.26. The van der Waals surface area contributed by atoms with Crippen molar-refractivity contribution < 1.29 is 9.59 Å². The minimum absolute atomic E-state index is 0.0630. The topological polar surface area (TPSA) is 61.4 Å². The molecule has 2 N–H and O–H groups in total. The number of hydrogen-bond acceptors (Lipinski definition) is 3. The summed E-state index contributed by atoms with van der Waals surface area (Å²) in [6.45, 7) is 7.42. The molecule has 0 spiro atoms. The van der Waals surface area contributed by atoms with Crippen LogP contribution in [0.4, 0.5) is 0 Å². The lowest BCUT2D eigenvalue weighted by molar-refractivity contribution is -0.131. The lowest BCUT2D eigenvalue weighted by atomic mass is 10.2. The molecular weight excluding hydrogens is 206 g/mol. The predicted octanol–water partition coefficient (Wildman–Crippen LogP) is -0.0310. The number of rotatable bonds is 7. The van der Waals surface area contributed by atoms with Crippen molar-refractivity contribution in [1.82, 2.24) is 15.5 Å². The molecule has 0 saturated carbocycles. The van der Waals surface area contributed by atoms with Gasteiger partial charge in [0.15, 0.2) is 0 Å². The van der Waals surface area contributed by atoms with Crippen LogP contribution in [-0.2, 0) is 9.59 Å². The van der Waals surface area contributed by atoms with E-state index in [1.807, 2.05) is 20.8 Å². The zero-order chi connectivity index (χ0) is 12.6. The second-order valence-corrected chi connectivity index (χ2v) is 3.85. The van der Waals surface area contributed by atoms with Gasteiger partial charge in [0.2, 0.25) is 11.8 Å². The monoisotopic (exact) mass is 229 g/mol. The number of nitrogens with one attached hydrogen (secondary N) is 2. The SMILES string of the molecule is CCNC(C)CC(=O)NCC(=O)N(C)CC. The Morgan fingerprint density at radius 3 is 2.44 bits per heavy atom. The number of nitrogens with zero attached hydrogens (tertiary/aromatic N) is 1. The Hall–Kier alpha value is -1.10. The van der Waals surface area contributed by atoms with Gasteiger partial charge in [-0.2, -0.15) is 0 Å². The van der Waals surface area contributed by atoms with Gasteiger partial charge >= 0.3 is 0 Å². The van der Waals surface area contributed by atoms with Crippen LogP contribution in [0.15, 0.2) is 0 Å². The van der Waals surface area contributed by atoms with E-state index in [0.29, 0.717) is 13.0 Å². The molecule has 0 aliphatic carbocycles. The zero-order valence-electron chi connectivity index (χ0n) is 10.7. The van der Waals surface area contributed by atoms with Gasteiger partial charge in [0.25, 0.3) is 0 Å². The Kier molecular flexibility index (Phi) is 7.54. The molecule has 5 nitrogen and oxygen atoms in total. The first-order valence-corrected chi connectivity index (χ1v) is 5.75. The summed E-state index contributed by atoms with van der Waals surface area (Å²) in [5.74, 6) is -0.154. The highest BCUT2D eigenvalue weighted by molar-refractivity contribution is 5.84. The normalized spacial score (nSPS) is 12.0. The van der Waals surface area contributed by atoms with Crippen LogP contribution in [0.3, 0.4) is 0 Å². The maximum atomic E-state index is 11.4. The molecule has 0 fully saturated rings. The molecular formula is C11H23N3O2. The summed E-state index contributed by atoms with van der Waals surface area (Å²) in [5, 5.41) is 5.76. The smallest absolute Gasteiger partial charge is 0.241 e. The van der Waals surface area contributed by atoms with Gasteiger partial charge in [-0.3, -0.25) is 9.59 Å². The van der Waals surface area contributed by atoms with E-state index in [-0.39, 0.29) is 24.4 Å². The van der Waals surface area contributed by atoms with E-state index in [0.717, 1.165) is 6.54 Å². The van der Waals surface area contributed by atoms with Crippen LogP contribution in [0, 0.1) is 0 Å². The van der Waals surface area contributed by atoms with Crippen molar-refractivity contribution in [1.29, 1.82) is 0 Å². The van der Waals surface area contributed by atoms with Crippen LogP contribution < -0.4 is 10.6 Å². The first-order chi connectivity index (χ1) is 7.51. The molecule has 0 radical (unpaired) electrons. The Balaban J connectivity index is 3.77. The Morgan fingerprint density at radius 1 is 1.31 bits per heavy atom. The Labute approximate surface area is 97.6 Å². The van der Waals surface area contributed by atoms with Crippen LogP contribution in [0.1, 0.15) is 27.2 Å². The van der Waals surface area contributed by atoms with Crippen LogP contribution in [0.25, 0.3) is 0 Å². The number of carbonyl (C=O) groups is 2. The van der Waals surface area contributed by atoms with E-state index < -0.39 is 0 Å². The quantitative estimate of drug-likeness (QED) is 0.644. The summed E-state index contributed by atoms with van der Waals surface area (Å²) >= 11 is 0. The van der Waals surface area contributed by atoms with Crippen LogP contribution in [-0.4, -0.2) is 49.4 Å². The van der Waals surface area contributed by atoms with Gasteiger partial charge in [0, 0.05) is 26.1 Å². The van der Waals surface area contributed by atoms with Crippen molar-refractivity contribution in [3.8, 4) is 0 Å². The second kappa shape index (κ2) is 8.10. The summed E-state index contributed by atoms with van der Waals surface area (Å²) in [7, 11) is 1.72. The zero-order valence-corrected chi connectivity index (χ0v) is 10.7. The van der Waals surface area contributed by atoms with Gasteiger partial charge in [-0.15, -0.1) is 0 Å². The molecule has 0 aromatic heterocycles. The van der Waals surface area contributed by atoms with E-state index in [4.69, 9.17) is 0 Å². The highest BCUT2D eigenvalue weighted by Crippen LogP contribution is 1.90. The third-order valence-corrected chi connectivity index (χ3v) is 2.38. The summed E-state index contributed by atoms with van der Waals surface area (Å²) < 4.78 is 0. The summed E-state index contributed by atoms with van der Waals surface area (Å²) in [6.07, 6.45) is 0.400. The van der Waals surface area contributed by atoms with Crippen molar-refractivity contribution in [2.75, 3.05) is 26.7 Å². The van der Waals surface area contributed by atoms with E-state index >= 15 is 0 Å². The number of carbonyl (C=O) groups excluding carboxylic acids is 2. The molecule has 2 amide bonds. The molecule has 0 aromatic rings. The molecule has 0 bridgehead atoms. The number of hydrogen-bond donors (Lipinski definition) is 2. The molecule has 0 aromatic carbocycles. The first kappa shape index (κ1) is 14.9. The van der Waals surface area contributed by atoms with Crippen molar-refractivity contribution in [2.24, 2.45) is 0 Å². The van der Waals surface area contributed by atoms with Gasteiger partial charge < -0.3 is 15.5 Å². The standard InChI is InChI=1S/C11H23N3O2/c1-5-12-9(3)7-10(15)13-8-11(16)14(4)6-2/h9,12H,5-8H2,1-4H3,(H,13,15). The number of likely N-dealkylation sites (N-methyl/N-ethyl adjacent to an activating group) is 1. The summed E-state index contributed by atoms with van der Waals surface area (Å²) in [6, 6.07) is 0.143. The highest BCUT2D eigenvalue weighted by Gasteiger charge is 2.10. The van der Waals surface area contributed by atoms with Crippen molar-refractivity contribution in [3.05, 3.63) is 0 Å². The minimum Gasteiger partial charge on any atom is -0.347 e. The van der Waals surface area contributed by atoms with Gasteiger partial charge in [-0.1, -0.05) is 6.92 Å². The van der Waals surface area contributed by atoms with Crippen molar-refractivity contribution >= 4 is 11.8 Å². The average Bonchev–Trinajstić information content (AvgIpc) is 2.24. The summed E-state index contributed by atoms with van der Waals surface area (Å²) in [5.41, 5.74) is 0. The predicted molar refractivity (Wildman–Crippen MR) is 64.1 cm³/mol. The Bertz CT molecular complexity index is 231. The lowest BCUT2D eigenvalue weighted by Gasteiger charge is -2.16. The van der Waals surface area contributed by atoms with E-state index in [1.54, 1.807) is 11.9 Å².